The first-order chi connectivity index (χ1) is 9.51. The first kappa shape index (κ1) is 15.0. The molecule has 0 bridgehead atoms. The second kappa shape index (κ2) is 6.37. The van der Waals surface area contributed by atoms with Gasteiger partial charge in [0.25, 0.3) is 5.91 Å². The number of halogens is 1. The lowest BCUT2D eigenvalue weighted by molar-refractivity contribution is 0.00179. The maximum Gasteiger partial charge on any atom is 0.336 e. The SMILES string of the molecule is COC1CC(CNC(=O)c2ccc(C(=O)O)c(Br)c2)C1. The van der Waals surface area contributed by atoms with Crippen LogP contribution in [0.25, 0.3) is 0 Å². The Kier molecular flexibility index (Phi) is 4.77. The molecule has 6 heteroatoms. The fourth-order valence-electron chi connectivity index (χ4n) is 2.20. The molecule has 0 aromatic heterocycles. The summed E-state index contributed by atoms with van der Waals surface area (Å²) in [5.41, 5.74) is 0.591. The van der Waals surface area contributed by atoms with Crippen LogP contribution in [0.2, 0.25) is 0 Å². The first-order valence-electron chi connectivity index (χ1n) is 6.35. The van der Waals surface area contributed by atoms with E-state index in [9.17, 15) is 9.59 Å². The average molecular weight is 342 g/mol. The number of ether oxygens (including phenoxy) is 1. The van der Waals surface area contributed by atoms with Gasteiger partial charge in [0, 0.05) is 23.7 Å². The largest absolute Gasteiger partial charge is 0.478 e. The van der Waals surface area contributed by atoms with Crippen molar-refractivity contribution in [1.29, 1.82) is 0 Å². The van der Waals surface area contributed by atoms with Crippen molar-refractivity contribution in [2.45, 2.75) is 18.9 Å². The van der Waals surface area contributed by atoms with Crippen molar-refractivity contribution >= 4 is 27.8 Å². The minimum atomic E-state index is -1.02. The zero-order chi connectivity index (χ0) is 14.7. The van der Waals surface area contributed by atoms with Crippen molar-refractivity contribution in [3.8, 4) is 0 Å². The van der Waals surface area contributed by atoms with E-state index < -0.39 is 5.97 Å². The number of methoxy groups -OCH3 is 1. The third-order valence-electron chi connectivity index (χ3n) is 3.54. The van der Waals surface area contributed by atoms with E-state index in [1.165, 1.54) is 18.2 Å². The van der Waals surface area contributed by atoms with Gasteiger partial charge in [-0.3, -0.25) is 4.79 Å². The molecule has 5 nitrogen and oxygen atoms in total. The molecule has 108 valence electrons. The standard InChI is InChI=1S/C14H16BrNO4/c1-20-10-4-8(5-10)7-16-13(17)9-2-3-11(14(18)19)12(15)6-9/h2-3,6,8,10H,4-5,7H2,1H3,(H,16,17)(H,18,19). The summed E-state index contributed by atoms with van der Waals surface area (Å²) in [5.74, 6) is -0.752. The average Bonchev–Trinajstić information content (AvgIpc) is 2.36. The summed E-state index contributed by atoms with van der Waals surface area (Å²) < 4.78 is 5.59. The number of carboxylic acid groups (broad SMARTS) is 1. The van der Waals surface area contributed by atoms with Gasteiger partial charge in [0.1, 0.15) is 0 Å². The summed E-state index contributed by atoms with van der Waals surface area (Å²) in [7, 11) is 1.70. The van der Waals surface area contributed by atoms with Gasteiger partial charge in [0.05, 0.1) is 11.7 Å². The minimum Gasteiger partial charge on any atom is -0.478 e. The summed E-state index contributed by atoms with van der Waals surface area (Å²) in [6.07, 6.45) is 2.26. The highest BCUT2D eigenvalue weighted by molar-refractivity contribution is 9.10. The molecule has 0 heterocycles. The van der Waals surface area contributed by atoms with Crippen LogP contribution in [-0.4, -0.2) is 36.7 Å². The zero-order valence-electron chi connectivity index (χ0n) is 11.1. The molecule has 0 atom stereocenters. The van der Waals surface area contributed by atoms with E-state index in [-0.39, 0.29) is 11.5 Å². The number of carbonyl (C=O) groups is 2. The topological polar surface area (TPSA) is 75.6 Å². The van der Waals surface area contributed by atoms with E-state index in [1.807, 2.05) is 0 Å². The highest BCUT2D eigenvalue weighted by atomic mass is 79.9. The highest BCUT2D eigenvalue weighted by Gasteiger charge is 2.29. The van der Waals surface area contributed by atoms with E-state index in [0.29, 0.717) is 28.6 Å². The molecule has 1 aliphatic carbocycles. The van der Waals surface area contributed by atoms with Gasteiger partial charge < -0.3 is 15.2 Å². The fourth-order valence-corrected chi connectivity index (χ4v) is 2.75. The van der Waals surface area contributed by atoms with Gasteiger partial charge in [-0.2, -0.15) is 0 Å². The number of rotatable bonds is 5. The van der Waals surface area contributed by atoms with E-state index in [2.05, 4.69) is 21.2 Å². The molecule has 1 aliphatic rings. The van der Waals surface area contributed by atoms with Crippen LogP contribution in [0.5, 0.6) is 0 Å². The van der Waals surface area contributed by atoms with E-state index in [0.717, 1.165) is 12.8 Å². The number of benzene rings is 1. The van der Waals surface area contributed by atoms with Crippen molar-refractivity contribution in [2.75, 3.05) is 13.7 Å². The Labute approximate surface area is 125 Å². The molecule has 20 heavy (non-hydrogen) atoms. The summed E-state index contributed by atoms with van der Waals surface area (Å²) in [6, 6.07) is 4.46. The van der Waals surface area contributed by atoms with Crippen LogP contribution in [0.15, 0.2) is 22.7 Å². The third-order valence-corrected chi connectivity index (χ3v) is 4.19. The molecular weight excluding hydrogens is 326 g/mol. The maximum absolute atomic E-state index is 12.0. The van der Waals surface area contributed by atoms with E-state index >= 15 is 0 Å². The lowest BCUT2D eigenvalue weighted by atomic mass is 9.82. The molecule has 1 fully saturated rings. The Balaban J connectivity index is 1.90. The quantitative estimate of drug-likeness (QED) is 0.861. The number of amides is 1. The van der Waals surface area contributed by atoms with Crippen molar-refractivity contribution in [1.82, 2.24) is 5.32 Å². The predicted molar refractivity (Wildman–Crippen MR) is 77.0 cm³/mol. The summed E-state index contributed by atoms with van der Waals surface area (Å²) in [4.78, 5) is 22.8. The van der Waals surface area contributed by atoms with Crippen LogP contribution in [0.4, 0.5) is 0 Å². The van der Waals surface area contributed by atoms with Crippen molar-refractivity contribution < 1.29 is 19.4 Å². The second-order valence-electron chi connectivity index (χ2n) is 4.90. The van der Waals surface area contributed by atoms with Crippen LogP contribution >= 0.6 is 15.9 Å². The Bertz CT molecular complexity index is 526. The van der Waals surface area contributed by atoms with Gasteiger partial charge in [-0.1, -0.05) is 0 Å². The Hall–Kier alpha value is -1.40. The summed E-state index contributed by atoms with van der Waals surface area (Å²) >= 11 is 3.16. The third kappa shape index (κ3) is 3.37. The van der Waals surface area contributed by atoms with Crippen LogP contribution in [0.3, 0.4) is 0 Å². The van der Waals surface area contributed by atoms with E-state index in [1.54, 1.807) is 7.11 Å². The van der Waals surface area contributed by atoms with Gasteiger partial charge in [-0.05, 0) is 52.9 Å². The van der Waals surface area contributed by atoms with Gasteiger partial charge >= 0.3 is 5.97 Å². The van der Waals surface area contributed by atoms with Gasteiger partial charge in [0.15, 0.2) is 0 Å². The van der Waals surface area contributed by atoms with Crippen LogP contribution < -0.4 is 5.32 Å². The number of hydrogen-bond donors (Lipinski definition) is 2. The molecule has 2 N–H and O–H groups in total. The Morgan fingerprint density at radius 2 is 2.15 bits per heavy atom. The van der Waals surface area contributed by atoms with E-state index in [4.69, 9.17) is 9.84 Å². The van der Waals surface area contributed by atoms with Gasteiger partial charge in [0.2, 0.25) is 0 Å². The molecule has 1 amide bonds. The molecule has 0 aliphatic heterocycles. The lowest BCUT2D eigenvalue weighted by Crippen LogP contribution is -2.39. The van der Waals surface area contributed by atoms with Gasteiger partial charge in [-0.25, -0.2) is 4.79 Å². The fraction of sp³-hybridized carbons (Fsp3) is 0.429. The number of nitrogens with one attached hydrogen (secondary N) is 1. The lowest BCUT2D eigenvalue weighted by Gasteiger charge is -2.34. The molecule has 1 aromatic rings. The number of carboxylic acids is 1. The summed E-state index contributed by atoms with van der Waals surface area (Å²) in [5, 5.41) is 11.8. The number of aromatic carboxylic acids is 1. The van der Waals surface area contributed by atoms with Crippen LogP contribution in [0.1, 0.15) is 33.6 Å². The second-order valence-corrected chi connectivity index (χ2v) is 5.76. The van der Waals surface area contributed by atoms with Crippen LogP contribution in [-0.2, 0) is 4.74 Å². The smallest absolute Gasteiger partial charge is 0.336 e. The van der Waals surface area contributed by atoms with Crippen molar-refractivity contribution in [3.63, 3.8) is 0 Å². The van der Waals surface area contributed by atoms with Crippen molar-refractivity contribution in [2.24, 2.45) is 5.92 Å². The molecule has 0 unspecified atom stereocenters. The van der Waals surface area contributed by atoms with Gasteiger partial charge in [-0.15, -0.1) is 0 Å². The Morgan fingerprint density at radius 3 is 2.70 bits per heavy atom. The minimum absolute atomic E-state index is 0.142. The summed E-state index contributed by atoms with van der Waals surface area (Å²) in [6.45, 7) is 0.622. The Morgan fingerprint density at radius 1 is 1.45 bits per heavy atom. The molecule has 0 radical (unpaired) electrons. The number of carbonyl (C=O) groups excluding carboxylic acids is 1. The normalized spacial score (nSPS) is 21.1. The molecule has 1 aromatic carbocycles. The maximum atomic E-state index is 12.0. The molecule has 0 spiro atoms. The zero-order valence-corrected chi connectivity index (χ0v) is 12.6. The monoisotopic (exact) mass is 341 g/mol. The first-order valence-corrected chi connectivity index (χ1v) is 7.14. The molecule has 0 saturated heterocycles. The van der Waals surface area contributed by atoms with Crippen LogP contribution in [0, 0.1) is 5.92 Å². The van der Waals surface area contributed by atoms with Crippen molar-refractivity contribution in [3.05, 3.63) is 33.8 Å². The molecule has 2 rings (SSSR count). The number of hydrogen-bond acceptors (Lipinski definition) is 3. The molecular formula is C14H16BrNO4. The molecule has 1 saturated carbocycles. The highest BCUT2D eigenvalue weighted by Crippen LogP contribution is 2.28. The predicted octanol–water partition coefficient (Wildman–Crippen LogP) is 2.30.